The first-order chi connectivity index (χ1) is 8.90. The van der Waals surface area contributed by atoms with Crippen LogP contribution in [-0.2, 0) is 0 Å². The standard InChI is InChI=1S/C14H8Cl4O/c1-7-12(17)4-8(5-13(7)18)14(19)10-6-9(15)2-3-11(10)16/h2-6H,1H3. The fraction of sp³-hybridized carbons (Fsp3) is 0.0714. The summed E-state index contributed by atoms with van der Waals surface area (Å²) in [4.78, 5) is 12.4. The highest BCUT2D eigenvalue weighted by Gasteiger charge is 2.16. The number of benzene rings is 2. The van der Waals surface area contributed by atoms with E-state index >= 15 is 0 Å². The van der Waals surface area contributed by atoms with Gasteiger partial charge in [-0.05, 0) is 42.8 Å². The molecular formula is C14H8Cl4O. The van der Waals surface area contributed by atoms with Crippen LogP contribution in [0.25, 0.3) is 0 Å². The molecule has 0 aliphatic heterocycles. The summed E-state index contributed by atoms with van der Waals surface area (Å²) in [5.41, 5.74) is 1.44. The summed E-state index contributed by atoms with van der Waals surface area (Å²) in [7, 11) is 0. The van der Waals surface area contributed by atoms with Gasteiger partial charge in [-0.15, -0.1) is 0 Å². The fourth-order valence-corrected chi connectivity index (χ4v) is 2.47. The fourth-order valence-electron chi connectivity index (χ4n) is 1.60. The van der Waals surface area contributed by atoms with Gasteiger partial charge in [-0.25, -0.2) is 0 Å². The topological polar surface area (TPSA) is 17.1 Å². The summed E-state index contributed by atoms with van der Waals surface area (Å²) in [5, 5.41) is 1.65. The van der Waals surface area contributed by atoms with Crippen molar-refractivity contribution in [2.45, 2.75) is 6.92 Å². The molecule has 0 aliphatic carbocycles. The highest BCUT2D eigenvalue weighted by molar-refractivity contribution is 6.38. The van der Waals surface area contributed by atoms with Crippen molar-refractivity contribution in [2.75, 3.05) is 0 Å². The van der Waals surface area contributed by atoms with E-state index in [0.29, 0.717) is 31.2 Å². The SMILES string of the molecule is Cc1c(Cl)cc(C(=O)c2cc(Cl)ccc2Cl)cc1Cl. The van der Waals surface area contributed by atoms with Gasteiger partial charge in [0.1, 0.15) is 0 Å². The molecule has 19 heavy (non-hydrogen) atoms. The van der Waals surface area contributed by atoms with Gasteiger partial charge in [0.2, 0.25) is 0 Å². The van der Waals surface area contributed by atoms with Crippen molar-refractivity contribution in [3.63, 3.8) is 0 Å². The second kappa shape index (κ2) is 5.72. The van der Waals surface area contributed by atoms with E-state index in [1.54, 1.807) is 31.2 Å². The van der Waals surface area contributed by atoms with Crippen molar-refractivity contribution in [3.8, 4) is 0 Å². The number of hydrogen-bond acceptors (Lipinski definition) is 1. The minimum Gasteiger partial charge on any atom is -0.289 e. The lowest BCUT2D eigenvalue weighted by atomic mass is 10.0. The maximum absolute atomic E-state index is 12.4. The van der Waals surface area contributed by atoms with Crippen LogP contribution in [0.15, 0.2) is 30.3 Å². The third-order valence-corrected chi connectivity index (χ3v) is 4.07. The van der Waals surface area contributed by atoms with Crippen LogP contribution in [0, 0.1) is 6.92 Å². The number of ketones is 1. The number of carbonyl (C=O) groups is 1. The zero-order valence-electron chi connectivity index (χ0n) is 9.81. The second-order valence-electron chi connectivity index (χ2n) is 4.02. The molecule has 0 spiro atoms. The lowest BCUT2D eigenvalue weighted by Crippen LogP contribution is -2.03. The summed E-state index contributed by atoms with van der Waals surface area (Å²) in [6.45, 7) is 1.78. The molecule has 0 saturated heterocycles. The Morgan fingerprint density at radius 2 is 1.47 bits per heavy atom. The highest BCUT2D eigenvalue weighted by Crippen LogP contribution is 2.29. The first-order valence-electron chi connectivity index (χ1n) is 5.35. The predicted octanol–water partition coefficient (Wildman–Crippen LogP) is 5.84. The van der Waals surface area contributed by atoms with E-state index in [0.717, 1.165) is 5.56 Å². The van der Waals surface area contributed by atoms with Gasteiger partial charge in [-0.2, -0.15) is 0 Å². The zero-order valence-corrected chi connectivity index (χ0v) is 12.8. The number of rotatable bonds is 2. The largest absolute Gasteiger partial charge is 0.289 e. The van der Waals surface area contributed by atoms with Crippen LogP contribution in [0.1, 0.15) is 21.5 Å². The minimum absolute atomic E-state index is 0.267. The Kier molecular flexibility index (Phi) is 4.42. The summed E-state index contributed by atoms with van der Waals surface area (Å²) < 4.78 is 0. The molecular weight excluding hydrogens is 326 g/mol. The Bertz CT molecular complexity index is 641. The van der Waals surface area contributed by atoms with Crippen molar-refractivity contribution in [2.24, 2.45) is 0 Å². The Hall–Kier alpha value is -0.730. The van der Waals surface area contributed by atoms with Crippen molar-refractivity contribution in [3.05, 3.63) is 67.1 Å². The number of hydrogen-bond donors (Lipinski definition) is 0. The molecule has 0 heterocycles. The van der Waals surface area contributed by atoms with Crippen molar-refractivity contribution >= 4 is 52.2 Å². The third kappa shape index (κ3) is 3.06. The Labute approximate surface area is 131 Å². The quantitative estimate of drug-likeness (QED) is 0.631. The van der Waals surface area contributed by atoms with E-state index in [1.165, 1.54) is 6.07 Å². The molecule has 98 valence electrons. The van der Waals surface area contributed by atoms with Gasteiger partial charge in [0, 0.05) is 26.2 Å². The van der Waals surface area contributed by atoms with Crippen molar-refractivity contribution < 1.29 is 4.79 Å². The Morgan fingerprint density at radius 3 is 2.05 bits per heavy atom. The van der Waals surface area contributed by atoms with E-state index in [4.69, 9.17) is 46.4 Å². The van der Waals surface area contributed by atoms with E-state index in [9.17, 15) is 4.79 Å². The molecule has 0 aromatic heterocycles. The zero-order chi connectivity index (χ0) is 14.2. The van der Waals surface area contributed by atoms with E-state index < -0.39 is 0 Å². The van der Waals surface area contributed by atoms with Gasteiger partial charge in [-0.1, -0.05) is 46.4 Å². The van der Waals surface area contributed by atoms with Gasteiger partial charge in [0.15, 0.2) is 5.78 Å². The normalized spacial score (nSPS) is 10.6. The van der Waals surface area contributed by atoms with Crippen LogP contribution >= 0.6 is 46.4 Å². The summed E-state index contributed by atoms with van der Waals surface area (Å²) in [6.07, 6.45) is 0. The molecule has 2 aromatic rings. The van der Waals surface area contributed by atoms with E-state index in [-0.39, 0.29) is 5.78 Å². The molecule has 0 bridgehead atoms. The third-order valence-electron chi connectivity index (χ3n) is 2.72. The van der Waals surface area contributed by atoms with Crippen molar-refractivity contribution in [1.29, 1.82) is 0 Å². The molecule has 0 unspecified atom stereocenters. The Morgan fingerprint density at radius 1 is 0.895 bits per heavy atom. The lowest BCUT2D eigenvalue weighted by molar-refractivity contribution is 0.103. The predicted molar refractivity (Wildman–Crippen MR) is 81.1 cm³/mol. The highest BCUT2D eigenvalue weighted by atomic mass is 35.5. The molecule has 2 aromatic carbocycles. The molecule has 0 fully saturated rings. The summed E-state index contributed by atoms with van der Waals surface area (Å²) in [6, 6.07) is 7.86. The molecule has 0 atom stereocenters. The van der Waals surface area contributed by atoms with Crippen LogP contribution in [0.5, 0.6) is 0 Å². The first-order valence-corrected chi connectivity index (χ1v) is 6.86. The molecule has 0 N–H and O–H groups in total. The monoisotopic (exact) mass is 332 g/mol. The van der Waals surface area contributed by atoms with Gasteiger partial charge in [-0.3, -0.25) is 4.79 Å². The molecule has 0 amide bonds. The van der Waals surface area contributed by atoms with Crippen LogP contribution in [0.3, 0.4) is 0 Å². The van der Waals surface area contributed by atoms with E-state index in [1.807, 2.05) is 0 Å². The van der Waals surface area contributed by atoms with Gasteiger partial charge >= 0.3 is 0 Å². The van der Waals surface area contributed by atoms with Crippen LogP contribution < -0.4 is 0 Å². The smallest absolute Gasteiger partial charge is 0.194 e. The van der Waals surface area contributed by atoms with Gasteiger partial charge in [0.05, 0.1) is 5.02 Å². The summed E-state index contributed by atoms with van der Waals surface area (Å²) >= 11 is 23.9. The molecule has 0 aliphatic rings. The molecule has 0 saturated carbocycles. The molecule has 5 heteroatoms. The Balaban J connectivity index is 2.53. The van der Waals surface area contributed by atoms with Crippen LogP contribution in [0.4, 0.5) is 0 Å². The minimum atomic E-state index is -0.267. The van der Waals surface area contributed by atoms with E-state index in [2.05, 4.69) is 0 Å². The maximum atomic E-state index is 12.4. The molecule has 1 nitrogen and oxygen atoms in total. The molecule has 0 radical (unpaired) electrons. The molecule has 2 rings (SSSR count). The summed E-state index contributed by atoms with van der Waals surface area (Å²) in [5.74, 6) is -0.267. The maximum Gasteiger partial charge on any atom is 0.194 e. The second-order valence-corrected chi connectivity index (χ2v) is 5.68. The van der Waals surface area contributed by atoms with Crippen LogP contribution in [0.2, 0.25) is 20.1 Å². The average Bonchev–Trinajstić information content (AvgIpc) is 2.37. The average molecular weight is 334 g/mol. The lowest BCUT2D eigenvalue weighted by Gasteiger charge is -2.07. The first kappa shape index (κ1) is 14.7. The number of halogens is 4. The van der Waals surface area contributed by atoms with Gasteiger partial charge < -0.3 is 0 Å². The van der Waals surface area contributed by atoms with Gasteiger partial charge in [0.25, 0.3) is 0 Å². The van der Waals surface area contributed by atoms with Crippen molar-refractivity contribution in [1.82, 2.24) is 0 Å². The van der Waals surface area contributed by atoms with Crippen LogP contribution in [-0.4, -0.2) is 5.78 Å². The number of carbonyl (C=O) groups excluding carboxylic acids is 1.